The van der Waals surface area contributed by atoms with E-state index in [1.807, 2.05) is 30.3 Å². The van der Waals surface area contributed by atoms with Crippen LogP contribution in [-0.2, 0) is 33.9 Å². The van der Waals surface area contributed by atoms with Gasteiger partial charge in [0.25, 0.3) is 5.91 Å². The highest BCUT2D eigenvalue weighted by atomic mass is 16.7. The number of carbonyl (C=O) groups excluding carboxylic acids is 1. The highest BCUT2D eigenvalue weighted by Gasteiger charge is 2.30. The summed E-state index contributed by atoms with van der Waals surface area (Å²) in [6.07, 6.45) is 2.96. The molecule has 5 nitrogen and oxygen atoms in total. The topological polar surface area (TPSA) is 59.0 Å². The van der Waals surface area contributed by atoms with Crippen molar-refractivity contribution in [3.8, 4) is 11.1 Å². The summed E-state index contributed by atoms with van der Waals surface area (Å²) in [5, 5.41) is 9.24. The van der Waals surface area contributed by atoms with Crippen molar-refractivity contribution >= 4 is 5.91 Å². The Labute approximate surface area is 200 Å². The number of allylic oxidation sites excluding steroid dienone is 1. The van der Waals surface area contributed by atoms with Gasteiger partial charge in [0.05, 0.1) is 13.2 Å². The highest BCUT2D eigenvalue weighted by Crippen LogP contribution is 2.40. The van der Waals surface area contributed by atoms with E-state index in [4.69, 9.17) is 9.47 Å². The fourth-order valence-electron chi connectivity index (χ4n) is 4.69. The number of carbonyl (C=O) groups is 1. The van der Waals surface area contributed by atoms with Crippen LogP contribution < -0.4 is 0 Å². The Morgan fingerprint density at radius 3 is 2.50 bits per heavy atom. The van der Waals surface area contributed by atoms with Crippen LogP contribution in [0, 0.1) is 0 Å². The molecule has 0 unspecified atom stereocenters. The van der Waals surface area contributed by atoms with Crippen LogP contribution in [0.5, 0.6) is 0 Å². The number of amides is 1. The Hall–Kier alpha value is -3.41. The summed E-state index contributed by atoms with van der Waals surface area (Å²) in [4.78, 5) is 14.3. The SMILES string of the molecule is CN(C)C(=O)C1=C[C@@H](c2ccc3c(c2)Cc2ccccc2-3)C[C@@H](OCc2ccc(CO)cc2)O1. The zero-order chi connectivity index (χ0) is 23.7. The monoisotopic (exact) mass is 455 g/mol. The molecule has 0 saturated carbocycles. The lowest BCUT2D eigenvalue weighted by atomic mass is 9.90. The molecule has 1 amide bonds. The summed E-state index contributed by atoms with van der Waals surface area (Å²) < 4.78 is 12.1. The number of ether oxygens (including phenoxy) is 2. The molecule has 174 valence electrons. The Morgan fingerprint density at radius 2 is 1.74 bits per heavy atom. The molecule has 5 rings (SSSR count). The van der Waals surface area contributed by atoms with E-state index >= 15 is 0 Å². The van der Waals surface area contributed by atoms with E-state index in [2.05, 4.69) is 42.5 Å². The summed E-state index contributed by atoms with van der Waals surface area (Å²) >= 11 is 0. The lowest BCUT2D eigenvalue weighted by Crippen LogP contribution is -2.32. The fraction of sp³-hybridized carbons (Fsp3) is 0.276. The highest BCUT2D eigenvalue weighted by molar-refractivity contribution is 5.91. The molecular formula is C29H29NO4. The maximum absolute atomic E-state index is 12.8. The summed E-state index contributed by atoms with van der Waals surface area (Å²) in [5.74, 6) is 0.174. The third kappa shape index (κ3) is 4.49. The number of hydrogen-bond donors (Lipinski definition) is 1. The first kappa shape index (κ1) is 22.4. The summed E-state index contributed by atoms with van der Waals surface area (Å²) in [5.41, 5.74) is 8.29. The van der Waals surface area contributed by atoms with Crippen molar-refractivity contribution < 1.29 is 19.4 Å². The molecule has 0 radical (unpaired) electrons. The molecule has 1 N–H and O–H groups in total. The van der Waals surface area contributed by atoms with E-state index in [-0.39, 0.29) is 18.4 Å². The van der Waals surface area contributed by atoms with E-state index in [9.17, 15) is 9.90 Å². The van der Waals surface area contributed by atoms with E-state index < -0.39 is 6.29 Å². The molecule has 0 fully saturated rings. The number of hydrogen-bond acceptors (Lipinski definition) is 4. The normalized spacial score (nSPS) is 18.5. The Kier molecular flexibility index (Phi) is 6.22. The van der Waals surface area contributed by atoms with Crippen LogP contribution >= 0.6 is 0 Å². The second-order valence-electron chi connectivity index (χ2n) is 9.16. The largest absolute Gasteiger partial charge is 0.459 e. The molecule has 3 aromatic rings. The average molecular weight is 456 g/mol. The third-order valence-corrected chi connectivity index (χ3v) is 6.56. The van der Waals surface area contributed by atoms with E-state index in [1.54, 1.807) is 14.1 Å². The minimum atomic E-state index is -0.531. The predicted octanol–water partition coefficient (Wildman–Crippen LogP) is 4.77. The lowest BCUT2D eigenvalue weighted by Gasteiger charge is -2.30. The minimum absolute atomic E-state index is 0.0151. The fourth-order valence-corrected chi connectivity index (χ4v) is 4.69. The van der Waals surface area contributed by atoms with Gasteiger partial charge in [0, 0.05) is 26.4 Å². The number of benzene rings is 3. The van der Waals surface area contributed by atoms with Crippen LogP contribution in [0.1, 0.15) is 40.2 Å². The van der Waals surface area contributed by atoms with Gasteiger partial charge in [-0.3, -0.25) is 4.79 Å². The molecule has 0 bridgehead atoms. The van der Waals surface area contributed by atoms with Crippen molar-refractivity contribution in [2.75, 3.05) is 14.1 Å². The predicted molar refractivity (Wildman–Crippen MR) is 131 cm³/mol. The third-order valence-electron chi connectivity index (χ3n) is 6.56. The zero-order valence-corrected chi connectivity index (χ0v) is 19.5. The Balaban J connectivity index is 1.37. The number of aliphatic hydroxyl groups is 1. The second kappa shape index (κ2) is 9.45. The van der Waals surface area contributed by atoms with Gasteiger partial charge >= 0.3 is 0 Å². The van der Waals surface area contributed by atoms with Crippen molar-refractivity contribution in [3.63, 3.8) is 0 Å². The zero-order valence-electron chi connectivity index (χ0n) is 19.5. The quantitative estimate of drug-likeness (QED) is 0.455. The Morgan fingerprint density at radius 1 is 1.00 bits per heavy atom. The number of nitrogens with zero attached hydrogens (tertiary/aromatic N) is 1. The van der Waals surface area contributed by atoms with Gasteiger partial charge in [-0.2, -0.15) is 0 Å². The number of aliphatic hydroxyl groups excluding tert-OH is 1. The van der Waals surface area contributed by atoms with Crippen LogP contribution in [-0.4, -0.2) is 36.3 Å². The molecule has 1 aliphatic carbocycles. The first-order valence-corrected chi connectivity index (χ1v) is 11.6. The van der Waals surface area contributed by atoms with Crippen LogP contribution in [0.15, 0.2) is 78.6 Å². The molecule has 1 aliphatic heterocycles. The second-order valence-corrected chi connectivity index (χ2v) is 9.16. The van der Waals surface area contributed by atoms with Gasteiger partial charge in [-0.25, -0.2) is 0 Å². The Bertz CT molecular complexity index is 1230. The molecule has 5 heteroatoms. The van der Waals surface area contributed by atoms with Gasteiger partial charge in [-0.05, 0) is 51.4 Å². The lowest BCUT2D eigenvalue weighted by molar-refractivity contribution is -0.154. The number of rotatable bonds is 6. The van der Waals surface area contributed by atoms with Gasteiger partial charge in [0.2, 0.25) is 6.29 Å². The van der Waals surface area contributed by atoms with Crippen LogP contribution in [0.2, 0.25) is 0 Å². The van der Waals surface area contributed by atoms with Gasteiger partial charge in [-0.1, -0.05) is 66.7 Å². The summed E-state index contributed by atoms with van der Waals surface area (Å²) in [7, 11) is 3.45. The van der Waals surface area contributed by atoms with Crippen molar-refractivity contribution in [1.29, 1.82) is 0 Å². The van der Waals surface area contributed by atoms with Gasteiger partial charge in [0.1, 0.15) is 0 Å². The maximum atomic E-state index is 12.8. The van der Waals surface area contributed by atoms with Crippen molar-refractivity contribution in [3.05, 3.63) is 106 Å². The smallest absolute Gasteiger partial charge is 0.288 e. The van der Waals surface area contributed by atoms with Crippen LogP contribution in [0.3, 0.4) is 0 Å². The summed E-state index contributed by atoms with van der Waals surface area (Å²) in [6, 6.07) is 22.8. The van der Waals surface area contributed by atoms with E-state index in [1.165, 1.54) is 32.7 Å². The van der Waals surface area contributed by atoms with Gasteiger partial charge in [0.15, 0.2) is 5.76 Å². The van der Waals surface area contributed by atoms with Crippen LogP contribution in [0.25, 0.3) is 11.1 Å². The molecule has 34 heavy (non-hydrogen) atoms. The van der Waals surface area contributed by atoms with E-state index in [0.29, 0.717) is 18.8 Å². The first-order valence-electron chi connectivity index (χ1n) is 11.6. The van der Waals surface area contributed by atoms with Crippen molar-refractivity contribution in [1.82, 2.24) is 4.90 Å². The minimum Gasteiger partial charge on any atom is -0.459 e. The molecule has 0 saturated heterocycles. The van der Waals surface area contributed by atoms with Gasteiger partial charge < -0.3 is 19.5 Å². The van der Waals surface area contributed by atoms with Crippen molar-refractivity contribution in [2.24, 2.45) is 0 Å². The number of likely N-dealkylation sites (N-methyl/N-ethyl adjacent to an activating group) is 1. The molecule has 3 aromatic carbocycles. The molecular weight excluding hydrogens is 426 g/mol. The average Bonchev–Trinajstić information content (AvgIpc) is 3.25. The molecule has 2 atom stereocenters. The summed E-state index contributed by atoms with van der Waals surface area (Å²) in [6.45, 7) is 0.382. The first-order chi connectivity index (χ1) is 16.5. The molecule has 0 spiro atoms. The van der Waals surface area contributed by atoms with E-state index in [0.717, 1.165) is 17.5 Å². The molecule has 1 heterocycles. The molecule has 2 aliphatic rings. The standard InChI is InChI=1S/C29H29NO4/c1-30(2)29(32)27-15-23(16-28(34-27)33-18-20-9-7-19(17-31)8-10-20)21-11-12-26-24(13-21)14-22-5-3-4-6-25(22)26/h3-13,15,23,28,31H,14,16-18H2,1-2H3/t23-,28+/m1/s1. The molecule has 0 aromatic heterocycles. The maximum Gasteiger partial charge on any atom is 0.288 e. The number of fused-ring (bicyclic) bond motifs is 3. The van der Waals surface area contributed by atoms with Crippen molar-refractivity contribution in [2.45, 2.75) is 38.3 Å². The van der Waals surface area contributed by atoms with Crippen LogP contribution in [0.4, 0.5) is 0 Å². The van der Waals surface area contributed by atoms with Gasteiger partial charge in [-0.15, -0.1) is 0 Å².